The fourth-order valence-corrected chi connectivity index (χ4v) is 3.05. The Morgan fingerprint density at radius 2 is 2.10 bits per heavy atom. The molecule has 0 saturated heterocycles. The van der Waals surface area contributed by atoms with Gasteiger partial charge in [0.15, 0.2) is 0 Å². The van der Waals surface area contributed by atoms with Crippen LogP contribution in [0.2, 0.25) is 0 Å². The highest BCUT2D eigenvalue weighted by Gasteiger charge is 2.15. The lowest BCUT2D eigenvalue weighted by Gasteiger charge is -2.10. The highest BCUT2D eigenvalue weighted by Crippen LogP contribution is 2.20. The van der Waals surface area contributed by atoms with Crippen LogP contribution in [0.5, 0.6) is 0 Å². The number of nitrogens with two attached hydrogens (primary N) is 1. The summed E-state index contributed by atoms with van der Waals surface area (Å²) in [5, 5.41) is 21.2. The number of carboxylic acid groups (broad SMARTS) is 1. The molecule has 2 aromatic rings. The minimum Gasteiger partial charge on any atom is -0.478 e. The van der Waals surface area contributed by atoms with Crippen molar-refractivity contribution in [3.05, 3.63) is 46.2 Å². The van der Waals surface area contributed by atoms with Crippen LogP contribution in [0.15, 0.2) is 39.9 Å². The Morgan fingerprint density at radius 1 is 1.33 bits per heavy atom. The van der Waals surface area contributed by atoms with Crippen molar-refractivity contribution in [3.8, 4) is 0 Å². The monoisotopic (exact) mass is 326 g/mol. The van der Waals surface area contributed by atoms with Crippen molar-refractivity contribution in [1.82, 2.24) is 0 Å². The van der Waals surface area contributed by atoms with Gasteiger partial charge in [0.25, 0.3) is 0 Å². The maximum absolute atomic E-state index is 11.3. The average Bonchev–Trinajstić information content (AvgIpc) is 2.90. The highest BCUT2D eigenvalue weighted by molar-refractivity contribution is 7.89. The topological polar surface area (TPSA) is 109 Å². The Kier molecular flexibility index (Phi) is 4.61. The zero-order valence-corrected chi connectivity index (χ0v) is 12.6. The number of hydrogen-bond acceptors (Lipinski definition) is 5. The van der Waals surface area contributed by atoms with Crippen molar-refractivity contribution in [2.24, 2.45) is 5.14 Å². The second-order valence-corrected chi connectivity index (χ2v) is 6.71. The van der Waals surface area contributed by atoms with Crippen molar-refractivity contribution in [1.29, 1.82) is 0 Å². The molecule has 0 unspecified atom stereocenters. The average molecular weight is 326 g/mol. The van der Waals surface area contributed by atoms with E-state index in [-0.39, 0.29) is 10.5 Å². The second kappa shape index (κ2) is 6.25. The number of aromatic carboxylic acids is 1. The van der Waals surface area contributed by atoms with E-state index in [1.807, 2.05) is 16.8 Å². The van der Waals surface area contributed by atoms with Crippen LogP contribution in [0.1, 0.15) is 15.9 Å². The summed E-state index contributed by atoms with van der Waals surface area (Å²) in [4.78, 5) is 11.0. The van der Waals surface area contributed by atoms with E-state index in [1.54, 1.807) is 11.3 Å². The Labute approximate surface area is 126 Å². The molecule has 1 heterocycles. The summed E-state index contributed by atoms with van der Waals surface area (Å²) in [5.41, 5.74) is 1.41. The zero-order valence-electron chi connectivity index (χ0n) is 10.9. The molecule has 1 aromatic carbocycles. The number of rotatable bonds is 6. The van der Waals surface area contributed by atoms with E-state index in [4.69, 9.17) is 10.2 Å². The molecule has 0 aliphatic rings. The number of carboxylic acids is 1. The van der Waals surface area contributed by atoms with Crippen LogP contribution in [0.4, 0.5) is 5.69 Å². The highest BCUT2D eigenvalue weighted by atomic mass is 32.2. The molecule has 1 aromatic heterocycles. The summed E-state index contributed by atoms with van der Waals surface area (Å²) < 4.78 is 22.5. The van der Waals surface area contributed by atoms with E-state index < -0.39 is 16.0 Å². The first kappa shape index (κ1) is 15.5. The van der Waals surface area contributed by atoms with Gasteiger partial charge in [-0.3, -0.25) is 0 Å². The molecule has 0 amide bonds. The Morgan fingerprint density at radius 3 is 2.67 bits per heavy atom. The molecule has 21 heavy (non-hydrogen) atoms. The minimum atomic E-state index is -3.92. The maximum atomic E-state index is 11.3. The molecule has 0 aliphatic heterocycles. The van der Waals surface area contributed by atoms with E-state index in [2.05, 4.69) is 5.32 Å². The first-order valence-electron chi connectivity index (χ1n) is 6.03. The van der Waals surface area contributed by atoms with Gasteiger partial charge in [0.05, 0.1) is 10.5 Å². The van der Waals surface area contributed by atoms with Crippen LogP contribution in [0, 0.1) is 0 Å². The number of carbonyl (C=O) groups is 1. The molecule has 0 fully saturated rings. The maximum Gasteiger partial charge on any atom is 0.337 e. The molecular formula is C13H14N2O4S2. The second-order valence-electron chi connectivity index (χ2n) is 4.37. The summed E-state index contributed by atoms with van der Waals surface area (Å²) in [6.07, 6.45) is 0.750. The summed E-state index contributed by atoms with van der Waals surface area (Å²) in [6.45, 7) is 0.547. The Bertz CT molecular complexity index is 740. The summed E-state index contributed by atoms with van der Waals surface area (Å²) >= 11 is 1.60. The van der Waals surface area contributed by atoms with Gasteiger partial charge in [-0.05, 0) is 47.0 Å². The molecule has 0 bridgehead atoms. The van der Waals surface area contributed by atoms with Crippen molar-refractivity contribution in [2.75, 3.05) is 11.9 Å². The summed E-state index contributed by atoms with van der Waals surface area (Å²) in [6, 6.07) is 5.75. The Hall–Kier alpha value is -1.90. The molecule has 0 saturated carbocycles. The standard InChI is InChI=1S/C13H14N2O4S2/c14-21(18,19)10-1-2-12(11(7-10)13(16)17)15-5-3-9-4-6-20-8-9/h1-2,4,6-8,15H,3,5H2,(H,16,17)(H2,14,18,19). The molecule has 0 radical (unpaired) electrons. The lowest BCUT2D eigenvalue weighted by atomic mass is 10.1. The SMILES string of the molecule is NS(=O)(=O)c1ccc(NCCc2ccsc2)c(C(=O)O)c1. The van der Waals surface area contributed by atoms with Gasteiger partial charge in [-0.25, -0.2) is 18.4 Å². The van der Waals surface area contributed by atoms with Crippen molar-refractivity contribution < 1.29 is 18.3 Å². The number of thiophene rings is 1. The van der Waals surface area contributed by atoms with Crippen LogP contribution >= 0.6 is 11.3 Å². The summed E-state index contributed by atoms with van der Waals surface area (Å²) in [7, 11) is -3.92. The molecule has 0 atom stereocenters. The predicted octanol–water partition coefficient (Wildman–Crippen LogP) is 1.75. The van der Waals surface area contributed by atoms with E-state index in [0.717, 1.165) is 18.1 Å². The van der Waals surface area contributed by atoms with Gasteiger partial charge >= 0.3 is 5.97 Å². The predicted molar refractivity (Wildman–Crippen MR) is 81.3 cm³/mol. The van der Waals surface area contributed by atoms with Crippen molar-refractivity contribution >= 4 is 33.0 Å². The molecule has 112 valence electrons. The van der Waals surface area contributed by atoms with E-state index in [0.29, 0.717) is 12.2 Å². The van der Waals surface area contributed by atoms with E-state index in [1.165, 1.54) is 12.1 Å². The quantitative estimate of drug-likeness (QED) is 0.749. The third-order valence-corrected chi connectivity index (χ3v) is 4.50. The molecule has 2 rings (SSSR count). The molecule has 6 nitrogen and oxygen atoms in total. The Balaban J connectivity index is 2.17. The van der Waals surface area contributed by atoms with Crippen LogP contribution in [0.25, 0.3) is 0 Å². The van der Waals surface area contributed by atoms with E-state index in [9.17, 15) is 13.2 Å². The number of primary sulfonamides is 1. The van der Waals surface area contributed by atoms with Gasteiger partial charge in [-0.15, -0.1) is 0 Å². The fourth-order valence-electron chi connectivity index (χ4n) is 1.81. The number of sulfonamides is 1. The number of hydrogen-bond donors (Lipinski definition) is 3. The molecular weight excluding hydrogens is 312 g/mol. The largest absolute Gasteiger partial charge is 0.478 e. The van der Waals surface area contributed by atoms with Gasteiger partial charge in [-0.1, -0.05) is 0 Å². The van der Waals surface area contributed by atoms with Crippen LogP contribution in [0.3, 0.4) is 0 Å². The van der Waals surface area contributed by atoms with E-state index >= 15 is 0 Å². The summed E-state index contributed by atoms with van der Waals surface area (Å²) in [5.74, 6) is -1.21. The third-order valence-electron chi connectivity index (χ3n) is 2.86. The fraction of sp³-hybridized carbons (Fsp3) is 0.154. The molecule has 0 spiro atoms. The number of anilines is 1. The van der Waals surface area contributed by atoms with Crippen molar-refractivity contribution in [3.63, 3.8) is 0 Å². The number of benzene rings is 1. The first-order valence-corrected chi connectivity index (χ1v) is 8.52. The third kappa shape index (κ3) is 4.03. The van der Waals surface area contributed by atoms with Gasteiger partial charge in [-0.2, -0.15) is 11.3 Å². The molecule has 4 N–H and O–H groups in total. The normalized spacial score (nSPS) is 11.3. The van der Waals surface area contributed by atoms with Gasteiger partial charge in [0.2, 0.25) is 10.0 Å². The minimum absolute atomic E-state index is 0.119. The van der Waals surface area contributed by atoms with Gasteiger partial charge in [0, 0.05) is 12.2 Å². The van der Waals surface area contributed by atoms with Crippen LogP contribution in [-0.4, -0.2) is 26.0 Å². The first-order chi connectivity index (χ1) is 9.88. The number of nitrogens with one attached hydrogen (secondary N) is 1. The van der Waals surface area contributed by atoms with Gasteiger partial charge in [0.1, 0.15) is 0 Å². The van der Waals surface area contributed by atoms with Crippen molar-refractivity contribution in [2.45, 2.75) is 11.3 Å². The smallest absolute Gasteiger partial charge is 0.337 e. The zero-order chi connectivity index (χ0) is 15.5. The van der Waals surface area contributed by atoms with Crippen LogP contribution in [-0.2, 0) is 16.4 Å². The van der Waals surface area contributed by atoms with Gasteiger partial charge < -0.3 is 10.4 Å². The lowest BCUT2D eigenvalue weighted by Crippen LogP contribution is -2.15. The lowest BCUT2D eigenvalue weighted by molar-refractivity contribution is 0.0697. The molecule has 8 heteroatoms. The van der Waals surface area contributed by atoms with Crippen LogP contribution < -0.4 is 10.5 Å². The molecule has 0 aliphatic carbocycles.